The lowest BCUT2D eigenvalue weighted by atomic mass is 9.90. The first-order valence-corrected chi connectivity index (χ1v) is 10.00. The molecule has 0 atom stereocenters. The highest BCUT2D eigenvalue weighted by Crippen LogP contribution is 2.23. The predicted octanol–water partition coefficient (Wildman–Crippen LogP) is 3.77. The van der Waals surface area contributed by atoms with Gasteiger partial charge < -0.3 is 14.2 Å². The van der Waals surface area contributed by atoms with Crippen LogP contribution in [0.1, 0.15) is 24.3 Å². The molecule has 2 aromatic carbocycles. The van der Waals surface area contributed by atoms with Gasteiger partial charge in [-0.3, -0.25) is 4.79 Å². The molecule has 150 valence electrons. The summed E-state index contributed by atoms with van der Waals surface area (Å²) in [7, 11) is 1.62. The van der Waals surface area contributed by atoms with Crippen LogP contribution >= 0.6 is 0 Å². The molecule has 0 aliphatic carbocycles. The number of rotatable bonds is 6. The average molecular weight is 391 g/mol. The highest BCUT2D eigenvalue weighted by Gasteiger charge is 2.24. The number of piperidine rings is 1. The molecular formula is C23H25N3O3. The summed E-state index contributed by atoms with van der Waals surface area (Å²) in [6.07, 6.45) is 3.29. The van der Waals surface area contributed by atoms with Crippen LogP contribution in [0.5, 0.6) is 5.75 Å². The van der Waals surface area contributed by atoms with Gasteiger partial charge in [-0.15, -0.1) is 0 Å². The largest absolute Gasteiger partial charge is 0.497 e. The maximum atomic E-state index is 12.6. The van der Waals surface area contributed by atoms with E-state index in [9.17, 15) is 4.79 Å². The molecule has 3 aromatic rings. The molecule has 1 aliphatic rings. The van der Waals surface area contributed by atoms with Crippen molar-refractivity contribution in [1.29, 1.82) is 0 Å². The third-order valence-corrected chi connectivity index (χ3v) is 5.45. The smallest absolute Gasteiger partial charge is 0.236 e. The number of ether oxygens (including phenoxy) is 1. The second-order valence-corrected chi connectivity index (χ2v) is 7.43. The fourth-order valence-corrected chi connectivity index (χ4v) is 3.76. The number of methoxy groups -OCH3 is 1. The van der Waals surface area contributed by atoms with Gasteiger partial charge in [0, 0.05) is 18.7 Å². The van der Waals surface area contributed by atoms with Gasteiger partial charge in [-0.25, -0.2) is 0 Å². The van der Waals surface area contributed by atoms with E-state index in [4.69, 9.17) is 9.26 Å². The van der Waals surface area contributed by atoms with Crippen molar-refractivity contribution in [2.24, 2.45) is 5.92 Å². The zero-order valence-electron chi connectivity index (χ0n) is 16.6. The summed E-state index contributed by atoms with van der Waals surface area (Å²) in [5.41, 5.74) is 2.20. The lowest BCUT2D eigenvalue weighted by molar-refractivity contribution is -0.132. The van der Waals surface area contributed by atoms with Crippen LogP contribution in [0.3, 0.4) is 0 Å². The van der Waals surface area contributed by atoms with Gasteiger partial charge in [0.2, 0.25) is 17.6 Å². The van der Waals surface area contributed by atoms with E-state index < -0.39 is 0 Å². The first kappa shape index (κ1) is 19.2. The van der Waals surface area contributed by atoms with Gasteiger partial charge in [0.05, 0.1) is 7.11 Å². The molecule has 0 unspecified atom stereocenters. The molecule has 0 N–H and O–H groups in total. The summed E-state index contributed by atoms with van der Waals surface area (Å²) in [5, 5.41) is 4.00. The van der Waals surface area contributed by atoms with Crippen LogP contribution < -0.4 is 4.74 Å². The van der Waals surface area contributed by atoms with E-state index in [-0.39, 0.29) is 12.3 Å². The van der Waals surface area contributed by atoms with Crippen molar-refractivity contribution >= 4 is 5.91 Å². The highest BCUT2D eigenvalue weighted by atomic mass is 16.5. The number of hydrogen-bond donors (Lipinski definition) is 0. The molecule has 1 amide bonds. The van der Waals surface area contributed by atoms with Crippen LogP contribution in [-0.2, 0) is 17.6 Å². The first-order valence-electron chi connectivity index (χ1n) is 10.00. The number of hydrogen-bond acceptors (Lipinski definition) is 5. The summed E-state index contributed by atoms with van der Waals surface area (Å²) in [6, 6.07) is 18.0. The Kier molecular flexibility index (Phi) is 5.89. The Hall–Kier alpha value is -3.15. The molecule has 29 heavy (non-hydrogen) atoms. The van der Waals surface area contributed by atoms with E-state index in [2.05, 4.69) is 34.4 Å². The number of aromatic nitrogens is 2. The summed E-state index contributed by atoms with van der Waals surface area (Å²) in [4.78, 5) is 18.9. The molecule has 0 spiro atoms. The van der Waals surface area contributed by atoms with Crippen molar-refractivity contribution in [3.8, 4) is 17.1 Å². The van der Waals surface area contributed by atoms with Gasteiger partial charge >= 0.3 is 0 Å². The molecular weight excluding hydrogens is 366 g/mol. The number of amides is 1. The topological polar surface area (TPSA) is 68.5 Å². The molecule has 1 aliphatic heterocycles. The highest BCUT2D eigenvalue weighted by molar-refractivity contribution is 5.78. The van der Waals surface area contributed by atoms with Gasteiger partial charge in [0.15, 0.2) is 0 Å². The predicted molar refractivity (Wildman–Crippen MR) is 109 cm³/mol. The van der Waals surface area contributed by atoms with E-state index in [1.54, 1.807) is 7.11 Å². The molecule has 6 nitrogen and oxygen atoms in total. The maximum absolute atomic E-state index is 12.6. The number of benzene rings is 2. The average Bonchev–Trinajstić information content (AvgIpc) is 3.23. The molecule has 1 fully saturated rings. The molecule has 2 heterocycles. The fourth-order valence-electron chi connectivity index (χ4n) is 3.76. The number of carbonyl (C=O) groups excluding carboxylic acids is 1. The van der Waals surface area contributed by atoms with Gasteiger partial charge in [0.25, 0.3) is 0 Å². The number of likely N-dealkylation sites (tertiary alicyclic amines) is 1. The van der Waals surface area contributed by atoms with Gasteiger partial charge in [-0.05, 0) is 55.0 Å². The Morgan fingerprint density at radius 2 is 1.83 bits per heavy atom. The zero-order chi connectivity index (χ0) is 20.1. The molecule has 0 radical (unpaired) electrons. The lowest BCUT2D eigenvalue weighted by Crippen LogP contribution is -2.39. The van der Waals surface area contributed by atoms with Gasteiger partial charge in [-0.2, -0.15) is 4.98 Å². The summed E-state index contributed by atoms with van der Waals surface area (Å²) in [6.45, 7) is 1.58. The SMILES string of the molecule is COc1ccc(-c2noc(CC(=O)N3CCC(Cc4ccccc4)CC3)n2)cc1. The Bertz CT molecular complexity index is 930. The van der Waals surface area contributed by atoms with Crippen LogP contribution in [-0.4, -0.2) is 41.1 Å². The monoisotopic (exact) mass is 391 g/mol. The summed E-state index contributed by atoms with van der Waals surface area (Å²) >= 11 is 0. The second-order valence-electron chi connectivity index (χ2n) is 7.43. The normalized spacial score (nSPS) is 14.7. The van der Waals surface area contributed by atoms with Crippen LogP contribution in [0.25, 0.3) is 11.4 Å². The Balaban J connectivity index is 1.29. The van der Waals surface area contributed by atoms with Crippen LogP contribution in [0.4, 0.5) is 0 Å². The second kappa shape index (κ2) is 8.90. The Morgan fingerprint density at radius 3 is 2.52 bits per heavy atom. The standard InChI is InChI=1S/C23H25N3O3/c1-28-20-9-7-19(8-10-20)23-24-21(29-25-23)16-22(27)26-13-11-18(12-14-26)15-17-5-3-2-4-6-17/h2-10,18H,11-16H2,1H3. The molecule has 4 rings (SSSR count). The minimum Gasteiger partial charge on any atom is -0.497 e. The van der Waals surface area contributed by atoms with Crippen molar-refractivity contribution in [2.45, 2.75) is 25.7 Å². The van der Waals surface area contributed by atoms with Crippen molar-refractivity contribution in [3.63, 3.8) is 0 Å². The first-order chi connectivity index (χ1) is 14.2. The van der Waals surface area contributed by atoms with E-state index in [0.717, 1.165) is 43.7 Å². The van der Waals surface area contributed by atoms with E-state index in [0.29, 0.717) is 17.6 Å². The lowest BCUT2D eigenvalue weighted by Gasteiger charge is -2.32. The minimum absolute atomic E-state index is 0.0492. The van der Waals surface area contributed by atoms with Crippen LogP contribution in [0.2, 0.25) is 0 Å². The van der Waals surface area contributed by atoms with Crippen molar-refractivity contribution in [2.75, 3.05) is 20.2 Å². The molecule has 0 bridgehead atoms. The minimum atomic E-state index is 0.0492. The maximum Gasteiger partial charge on any atom is 0.236 e. The van der Waals surface area contributed by atoms with Gasteiger partial charge in [0.1, 0.15) is 12.2 Å². The van der Waals surface area contributed by atoms with E-state index in [1.807, 2.05) is 35.2 Å². The molecule has 0 saturated carbocycles. The molecule has 1 saturated heterocycles. The van der Waals surface area contributed by atoms with Crippen LogP contribution in [0.15, 0.2) is 59.1 Å². The van der Waals surface area contributed by atoms with Crippen molar-refractivity contribution in [3.05, 3.63) is 66.1 Å². The summed E-state index contributed by atoms with van der Waals surface area (Å²) < 4.78 is 10.5. The van der Waals surface area contributed by atoms with Gasteiger partial charge in [-0.1, -0.05) is 35.5 Å². The Labute approximate surface area is 170 Å². The van der Waals surface area contributed by atoms with Crippen molar-refractivity contribution < 1.29 is 14.1 Å². The van der Waals surface area contributed by atoms with E-state index >= 15 is 0 Å². The third kappa shape index (κ3) is 4.83. The summed E-state index contributed by atoms with van der Waals surface area (Å²) in [5.74, 6) is 2.28. The van der Waals surface area contributed by atoms with Crippen molar-refractivity contribution in [1.82, 2.24) is 15.0 Å². The Morgan fingerprint density at radius 1 is 1.10 bits per heavy atom. The number of nitrogens with zero attached hydrogens (tertiary/aromatic N) is 3. The van der Waals surface area contributed by atoms with Crippen LogP contribution in [0, 0.1) is 5.92 Å². The third-order valence-electron chi connectivity index (χ3n) is 5.45. The van der Waals surface area contributed by atoms with E-state index in [1.165, 1.54) is 5.56 Å². The fraction of sp³-hybridized carbons (Fsp3) is 0.348. The molecule has 1 aromatic heterocycles. The zero-order valence-corrected chi connectivity index (χ0v) is 16.6. The molecule has 6 heteroatoms. The number of carbonyl (C=O) groups is 1. The quantitative estimate of drug-likeness (QED) is 0.640.